The van der Waals surface area contributed by atoms with Gasteiger partial charge in [-0.15, -0.1) is 0 Å². The van der Waals surface area contributed by atoms with Gasteiger partial charge in [0, 0.05) is 23.7 Å². The third kappa shape index (κ3) is 16.1. The number of unbranched alkanes of at least 4 members (excludes halogenated alkanes) is 12. The molecule has 2 aromatic rings. The van der Waals surface area contributed by atoms with Crippen molar-refractivity contribution in [3.8, 4) is 11.5 Å². The second-order valence-electron chi connectivity index (χ2n) is 12.3. The van der Waals surface area contributed by atoms with E-state index in [2.05, 4.69) is 17.2 Å². The Hall–Kier alpha value is -2.45. The molecule has 0 radical (unpaired) electrons. The molecule has 1 heterocycles. The number of rotatable bonds is 24. The molecule has 2 rings (SSSR count). The van der Waals surface area contributed by atoms with Crippen molar-refractivity contribution in [3.63, 3.8) is 0 Å². The molecular weight excluding hydrogens is 591 g/mol. The first-order valence-electron chi connectivity index (χ1n) is 16.8. The summed E-state index contributed by atoms with van der Waals surface area (Å²) in [5.41, 5.74) is 3.44. The number of amides is 1. The maximum absolute atomic E-state index is 12.7. The molecule has 2 atom stereocenters. The van der Waals surface area contributed by atoms with E-state index in [0.717, 1.165) is 47.4 Å². The van der Waals surface area contributed by atoms with Crippen molar-refractivity contribution in [3.05, 3.63) is 52.8 Å². The van der Waals surface area contributed by atoms with Crippen LogP contribution in [0.5, 0.6) is 11.5 Å². The molecule has 0 aliphatic heterocycles. The lowest BCUT2D eigenvalue weighted by molar-refractivity contribution is -0.122. The quantitative estimate of drug-likeness (QED) is 0.0686. The van der Waals surface area contributed by atoms with Crippen LogP contribution in [0.2, 0.25) is 0 Å². The van der Waals surface area contributed by atoms with Gasteiger partial charge in [0.2, 0.25) is 5.91 Å². The average Bonchev–Trinajstić information content (AvgIpc) is 2.99. The van der Waals surface area contributed by atoms with E-state index in [0.29, 0.717) is 12.2 Å². The van der Waals surface area contributed by atoms with Crippen molar-refractivity contribution in [2.24, 2.45) is 0 Å². The fraction of sp³-hybridized carbons (Fsp3) is 0.657. The summed E-state index contributed by atoms with van der Waals surface area (Å²) < 4.78 is 23.0. The number of nitrogens with zero attached hydrogens (tertiary/aromatic N) is 1. The molecule has 1 aromatic heterocycles. The van der Waals surface area contributed by atoms with E-state index in [-0.39, 0.29) is 18.9 Å². The first kappa shape index (κ1) is 38.7. The lowest BCUT2D eigenvalue weighted by atomic mass is 10.0. The summed E-state index contributed by atoms with van der Waals surface area (Å²) in [5.74, 6) is 1.19. The number of carbonyl (C=O) groups is 1. The van der Waals surface area contributed by atoms with Gasteiger partial charge < -0.3 is 29.7 Å². The van der Waals surface area contributed by atoms with Gasteiger partial charge in [-0.1, -0.05) is 96.1 Å². The highest BCUT2D eigenvalue weighted by molar-refractivity contribution is 7.51. The van der Waals surface area contributed by atoms with Gasteiger partial charge in [-0.25, -0.2) is 0 Å². The van der Waals surface area contributed by atoms with Crippen molar-refractivity contribution in [2.45, 2.75) is 136 Å². The highest BCUT2D eigenvalue weighted by Gasteiger charge is 2.28. The van der Waals surface area contributed by atoms with Crippen molar-refractivity contribution >= 4 is 13.5 Å². The summed E-state index contributed by atoms with van der Waals surface area (Å²) in [4.78, 5) is 36.1. The summed E-state index contributed by atoms with van der Waals surface area (Å²) in [6.45, 7) is 6.39. The average molecular weight is 649 g/mol. The van der Waals surface area contributed by atoms with Crippen LogP contribution in [0.4, 0.5) is 0 Å². The molecule has 4 N–H and O–H groups in total. The predicted octanol–water partition coefficient (Wildman–Crippen LogP) is 7.33. The Labute approximate surface area is 270 Å². The summed E-state index contributed by atoms with van der Waals surface area (Å²) in [7, 11) is -2.84. The number of hydrogen-bond donors (Lipinski definition) is 4. The Bertz CT molecular complexity index is 1170. The number of carbonyl (C=O) groups excluding carboxylic acids is 1. The molecule has 0 spiro atoms. The Morgan fingerprint density at radius 1 is 0.911 bits per heavy atom. The van der Waals surface area contributed by atoms with Crippen LogP contribution in [-0.4, -0.2) is 51.2 Å². The number of pyridine rings is 1. The number of hydrogen-bond acceptors (Lipinski definition) is 6. The number of aliphatic hydroxyl groups is 1. The van der Waals surface area contributed by atoms with Gasteiger partial charge >= 0.3 is 7.60 Å². The van der Waals surface area contributed by atoms with Crippen LogP contribution in [0.3, 0.4) is 0 Å². The molecule has 9 nitrogen and oxygen atoms in total. The summed E-state index contributed by atoms with van der Waals surface area (Å²) in [6, 6.07) is 6.39. The van der Waals surface area contributed by atoms with Crippen LogP contribution >= 0.6 is 7.60 Å². The monoisotopic (exact) mass is 648 g/mol. The smallest absolute Gasteiger partial charge is 0.328 e. The molecule has 0 fully saturated rings. The first-order valence-corrected chi connectivity index (χ1v) is 18.6. The normalized spacial score (nSPS) is 13.0. The maximum atomic E-state index is 12.7. The number of ether oxygens (including phenoxy) is 2. The first-order chi connectivity index (χ1) is 21.5. The van der Waals surface area contributed by atoms with Crippen molar-refractivity contribution in [2.75, 3.05) is 13.3 Å². The van der Waals surface area contributed by atoms with Gasteiger partial charge in [-0.2, -0.15) is 0 Å². The van der Waals surface area contributed by atoms with Crippen molar-refractivity contribution < 1.29 is 33.7 Å². The molecule has 0 saturated heterocycles. The minimum absolute atomic E-state index is 0.218. The molecule has 45 heavy (non-hydrogen) atoms. The van der Waals surface area contributed by atoms with Gasteiger partial charge in [0.25, 0.3) is 0 Å². The summed E-state index contributed by atoms with van der Waals surface area (Å²) in [6.07, 6.45) is 16.0. The summed E-state index contributed by atoms with van der Waals surface area (Å²) in [5, 5.41) is 13.5. The highest BCUT2D eigenvalue weighted by Crippen LogP contribution is 2.36. The van der Waals surface area contributed by atoms with E-state index in [4.69, 9.17) is 9.47 Å². The van der Waals surface area contributed by atoms with E-state index >= 15 is 0 Å². The van der Waals surface area contributed by atoms with E-state index in [9.17, 15) is 24.3 Å². The maximum Gasteiger partial charge on any atom is 0.328 e. The standard InChI is InChI=1S/C35H57N2O7P/c1-5-6-7-8-9-10-11-12-13-14-15-16-17-18-34(39)37-31(33(38)26-45(40,41)42)23-29-19-21-30(22-20-29)44-25-32-28(3)35(43-4)27(2)24-36-32/h19-22,24,31,33,38H,5-18,23,25-26H2,1-4H3,(H,37,39)(H2,40,41,42)/t31?,33-/m1/s1. The zero-order valence-corrected chi connectivity index (χ0v) is 28.8. The Morgan fingerprint density at radius 2 is 1.47 bits per heavy atom. The molecular formula is C35H57N2O7P. The number of aliphatic hydroxyl groups excluding tert-OH is 1. The molecule has 0 bridgehead atoms. The van der Waals surface area contributed by atoms with Crippen LogP contribution in [-0.2, 0) is 22.4 Å². The molecule has 1 amide bonds. The van der Waals surface area contributed by atoms with Crippen LogP contribution in [0.15, 0.2) is 30.5 Å². The minimum Gasteiger partial charge on any atom is -0.496 e. The van der Waals surface area contributed by atoms with Crippen LogP contribution in [0.1, 0.15) is 119 Å². The highest BCUT2D eigenvalue weighted by atomic mass is 31.2. The number of benzene rings is 1. The Morgan fingerprint density at radius 3 is 2.00 bits per heavy atom. The second kappa shape index (κ2) is 21.4. The molecule has 10 heteroatoms. The largest absolute Gasteiger partial charge is 0.496 e. The number of aryl methyl sites for hydroxylation is 1. The van der Waals surface area contributed by atoms with E-state index in [1.54, 1.807) is 25.4 Å². The van der Waals surface area contributed by atoms with Gasteiger partial charge in [0.1, 0.15) is 18.1 Å². The molecule has 1 aromatic carbocycles. The zero-order chi connectivity index (χ0) is 33.1. The van der Waals surface area contributed by atoms with Crippen molar-refractivity contribution in [1.82, 2.24) is 10.3 Å². The molecule has 0 aliphatic rings. The number of nitrogens with one attached hydrogen (secondary N) is 1. The number of aromatic nitrogens is 1. The van der Waals surface area contributed by atoms with Crippen LogP contribution in [0, 0.1) is 13.8 Å². The molecule has 1 unspecified atom stereocenters. The lowest BCUT2D eigenvalue weighted by Crippen LogP contribution is -2.46. The van der Waals surface area contributed by atoms with Gasteiger partial charge in [0.05, 0.1) is 31.1 Å². The van der Waals surface area contributed by atoms with Crippen LogP contribution in [0.25, 0.3) is 0 Å². The number of methoxy groups -OCH3 is 1. The summed E-state index contributed by atoms with van der Waals surface area (Å²) >= 11 is 0. The fourth-order valence-electron chi connectivity index (χ4n) is 5.58. The second-order valence-corrected chi connectivity index (χ2v) is 14.0. The Kier molecular flexibility index (Phi) is 18.4. The van der Waals surface area contributed by atoms with E-state index in [1.807, 2.05) is 26.0 Å². The van der Waals surface area contributed by atoms with Crippen molar-refractivity contribution in [1.29, 1.82) is 0 Å². The predicted molar refractivity (Wildman–Crippen MR) is 180 cm³/mol. The third-order valence-electron chi connectivity index (χ3n) is 8.25. The van der Waals surface area contributed by atoms with Gasteiger partial charge in [-0.05, 0) is 44.4 Å². The van der Waals surface area contributed by atoms with E-state index in [1.165, 1.54) is 64.2 Å². The molecule has 254 valence electrons. The fourth-order valence-corrected chi connectivity index (χ4v) is 6.32. The topological polar surface area (TPSA) is 138 Å². The Balaban J connectivity index is 1.79. The lowest BCUT2D eigenvalue weighted by Gasteiger charge is -2.25. The minimum atomic E-state index is -4.47. The third-order valence-corrected chi connectivity index (χ3v) is 9.10. The van der Waals surface area contributed by atoms with Crippen LogP contribution < -0.4 is 14.8 Å². The zero-order valence-electron chi connectivity index (χ0n) is 27.9. The SMILES string of the molecule is CCCCCCCCCCCCCCCC(=O)NC(Cc1ccc(OCc2ncc(C)c(OC)c2C)cc1)[C@H](O)CP(=O)(O)O. The van der Waals surface area contributed by atoms with Gasteiger partial charge in [-0.3, -0.25) is 14.3 Å². The molecule has 0 saturated carbocycles. The molecule has 0 aliphatic carbocycles. The van der Waals surface area contributed by atoms with Gasteiger partial charge in [0.15, 0.2) is 0 Å². The van der Waals surface area contributed by atoms with E-state index < -0.39 is 25.9 Å².